The number of Topliss-reactive ketones (excluding diaryl/α,β-unsaturated/α-hetero) is 1. The second-order valence-corrected chi connectivity index (χ2v) is 10.4. The molecule has 0 bridgehead atoms. The number of ketones is 1. The molecule has 1 amide bonds. The van der Waals surface area contributed by atoms with Crippen LogP contribution in [0.2, 0.25) is 5.02 Å². The van der Waals surface area contributed by atoms with Gasteiger partial charge in [0, 0.05) is 40.8 Å². The molecule has 1 aliphatic carbocycles. The molecule has 0 saturated heterocycles. The van der Waals surface area contributed by atoms with Crippen molar-refractivity contribution >= 4 is 51.5 Å². The first kappa shape index (κ1) is 21.4. The number of rotatable bonds is 5. The van der Waals surface area contributed by atoms with Crippen LogP contribution < -0.4 is 4.90 Å². The lowest BCUT2D eigenvalue weighted by molar-refractivity contribution is -0.119. The lowest BCUT2D eigenvalue weighted by Crippen LogP contribution is -2.40. The van der Waals surface area contributed by atoms with Crippen molar-refractivity contribution in [3.8, 4) is 0 Å². The van der Waals surface area contributed by atoms with Crippen LogP contribution in [-0.2, 0) is 15.3 Å². The molecule has 1 unspecified atom stereocenters. The van der Waals surface area contributed by atoms with Crippen molar-refractivity contribution in [3.63, 3.8) is 0 Å². The largest absolute Gasteiger partial charge is 0.294 e. The summed E-state index contributed by atoms with van der Waals surface area (Å²) in [5.41, 5.74) is 3.72. The van der Waals surface area contributed by atoms with E-state index in [0.29, 0.717) is 23.0 Å². The first-order chi connectivity index (χ1) is 15.6. The summed E-state index contributed by atoms with van der Waals surface area (Å²) in [6.45, 7) is 0. The lowest BCUT2D eigenvalue weighted by Gasteiger charge is -2.36. The molecule has 8 heteroatoms. The smallest absolute Gasteiger partial charge is 0.234 e. The highest BCUT2D eigenvalue weighted by Crippen LogP contribution is 2.44. The molecular formula is C24H20ClN3O2S2. The quantitative estimate of drug-likeness (QED) is 0.330. The van der Waals surface area contributed by atoms with E-state index in [-0.39, 0.29) is 24.0 Å². The van der Waals surface area contributed by atoms with Gasteiger partial charge in [-0.3, -0.25) is 14.5 Å². The van der Waals surface area contributed by atoms with Crippen LogP contribution in [0.5, 0.6) is 0 Å². The Labute approximate surface area is 199 Å². The van der Waals surface area contributed by atoms with Crippen molar-refractivity contribution in [2.24, 2.45) is 0 Å². The van der Waals surface area contributed by atoms with Crippen LogP contribution in [0.25, 0.3) is 0 Å². The molecule has 0 radical (unpaired) electrons. The zero-order valence-corrected chi connectivity index (χ0v) is 19.6. The van der Waals surface area contributed by atoms with E-state index in [1.54, 1.807) is 16.7 Å². The van der Waals surface area contributed by atoms with E-state index in [9.17, 15) is 9.59 Å². The van der Waals surface area contributed by atoms with Crippen LogP contribution in [0.1, 0.15) is 42.7 Å². The molecule has 2 aromatic carbocycles. The van der Waals surface area contributed by atoms with Gasteiger partial charge in [-0.2, -0.15) is 0 Å². The van der Waals surface area contributed by atoms with Gasteiger partial charge in [0.15, 0.2) is 10.1 Å². The molecule has 3 aromatic rings. The fourth-order valence-corrected chi connectivity index (χ4v) is 6.23. The van der Waals surface area contributed by atoms with Gasteiger partial charge < -0.3 is 0 Å². The van der Waals surface area contributed by atoms with E-state index in [1.165, 1.54) is 11.3 Å². The van der Waals surface area contributed by atoms with Gasteiger partial charge in [0.25, 0.3) is 0 Å². The number of carbonyl (C=O) groups is 2. The van der Waals surface area contributed by atoms with Gasteiger partial charge in [0.05, 0.1) is 0 Å². The van der Waals surface area contributed by atoms with Gasteiger partial charge in [0.2, 0.25) is 11.0 Å². The summed E-state index contributed by atoms with van der Waals surface area (Å²) < 4.78 is 0.789. The van der Waals surface area contributed by atoms with E-state index in [1.807, 2.05) is 54.6 Å². The van der Waals surface area contributed by atoms with E-state index in [0.717, 1.165) is 38.9 Å². The third-order valence-electron chi connectivity index (χ3n) is 5.74. The highest BCUT2D eigenvalue weighted by atomic mass is 35.5. The average molecular weight is 482 g/mol. The van der Waals surface area contributed by atoms with E-state index in [4.69, 9.17) is 11.6 Å². The molecule has 2 aliphatic rings. The number of anilines is 1. The first-order valence-electron chi connectivity index (χ1n) is 10.4. The molecule has 0 spiro atoms. The molecule has 0 saturated carbocycles. The molecule has 162 valence electrons. The SMILES string of the molecule is O=C1CCCC2=C1C(c1ccccc1)CC(=O)N2c1nnc(SCc2ccc(Cl)cc2)s1. The monoisotopic (exact) mass is 481 g/mol. The zero-order chi connectivity index (χ0) is 22.1. The van der Waals surface area contributed by atoms with Crippen molar-refractivity contribution in [3.05, 3.63) is 82.0 Å². The molecule has 0 fully saturated rings. The van der Waals surface area contributed by atoms with Gasteiger partial charge in [-0.25, -0.2) is 0 Å². The highest BCUT2D eigenvalue weighted by molar-refractivity contribution is 8.00. The minimum absolute atomic E-state index is 0.0299. The molecule has 5 nitrogen and oxygen atoms in total. The van der Waals surface area contributed by atoms with Crippen LogP contribution >= 0.6 is 34.7 Å². The van der Waals surface area contributed by atoms with Crippen molar-refractivity contribution in [1.82, 2.24) is 10.2 Å². The maximum Gasteiger partial charge on any atom is 0.234 e. The topological polar surface area (TPSA) is 63.2 Å². The summed E-state index contributed by atoms with van der Waals surface area (Å²) in [7, 11) is 0. The number of amides is 1. The van der Waals surface area contributed by atoms with Crippen LogP contribution in [0, 0.1) is 0 Å². The van der Waals surface area contributed by atoms with Crippen molar-refractivity contribution < 1.29 is 9.59 Å². The highest BCUT2D eigenvalue weighted by Gasteiger charge is 2.40. The predicted molar refractivity (Wildman–Crippen MR) is 128 cm³/mol. The molecule has 1 aliphatic heterocycles. The summed E-state index contributed by atoms with van der Waals surface area (Å²) in [5, 5.41) is 9.87. The second-order valence-electron chi connectivity index (χ2n) is 7.80. The summed E-state index contributed by atoms with van der Waals surface area (Å²) in [6.07, 6.45) is 2.24. The Bertz CT molecular complexity index is 1190. The number of allylic oxidation sites excluding steroid dienone is 2. The maximum atomic E-state index is 13.3. The number of hydrogen-bond donors (Lipinski definition) is 0. The number of thioether (sulfide) groups is 1. The predicted octanol–water partition coefficient (Wildman–Crippen LogP) is 6.01. The summed E-state index contributed by atoms with van der Waals surface area (Å²) >= 11 is 8.92. The Hall–Kier alpha value is -2.48. The van der Waals surface area contributed by atoms with Crippen LogP contribution in [0.4, 0.5) is 5.13 Å². The Kier molecular flexibility index (Phi) is 6.13. The Morgan fingerprint density at radius 2 is 1.81 bits per heavy atom. The lowest BCUT2D eigenvalue weighted by atomic mass is 9.77. The molecule has 1 aromatic heterocycles. The summed E-state index contributed by atoms with van der Waals surface area (Å²) in [6, 6.07) is 17.6. The molecular weight excluding hydrogens is 462 g/mol. The van der Waals surface area contributed by atoms with Gasteiger partial charge >= 0.3 is 0 Å². The van der Waals surface area contributed by atoms with E-state index >= 15 is 0 Å². The molecule has 2 heterocycles. The Morgan fingerprint density at radius 3 is 2.59 bits per heavy atom. The summed E-state index contributed by atoms with van der Waals surface area (Å²) in [5.74, 6) is 0.661. The van der Waals surface area contributed by atoms with Crippen LogP contribution in [0.15, 0.2) is 70.2 Å². The Balaban J connectivity index is 1.43. The Morgan fingerprint density at radius 1 is 1.03 bits per heavy atom. The van der Waals surface area contributed by atoms with E-state index in [2.05, 4.69) is 10.2 Å². The zero-order valence-electron chi connectivity index (χ0n) is 17.2. The third kappa shape index (κ3) is 4.25. The number of nitrogens with zero attached hydrogens (tertiary/aromatic N) is 3. The number of halogens is 1. The minimum atomic E-state index is -0.186. The average Bonchev–Trinajstić information content (AvgIpc) is 3.27. The van der Waals surface area contributed by atoms with Gasteiger partial charge in [-0.1, -0.05) is 77.2 Å². The normalized spacial score (nSPS) is 18.8. The standard InChI is InChI=1S/C24H20ClN3O2S2/c25-17-11-9-15(10-12-17)14-31-24-27-26-23(32-24)28-19-7-4-8-20(29)22(19)18(13-21(28)30)16-5-2-1-3-6-16/h1-3,5-6,9-12,18H,4,7-8,13-14H2. The number of carbonyl (C=O) groups excluding carboxylic acids is 2. The molecule has 1 atom stereocenters. The van der Waals surface area contributed by atoms with Crippen molar-refractivity contribution in [2.45, 2.75) is 41.7 Å². The van der Waals surface area contributed by atoms with E-state index < -0.39 is 0 Å². The molecule has 5 rings (SSSR count). The van der Waals surface area contributed by atoms with Crippen LogP contribution in [-0.4, -0.2) is 21.9 Å². The number of benzene rings is 2. The third-order valence-corrected chi connectivity index (χ3v) is 8.10. The summed E-state index contributed by atoms with van der Waals surface area (Å²) in [4.78, 5) is 27.9. The maximum absolute atomic E-state index is 13.3. The minimum Gasteiger partial charge on any atom is -0.294 e. The fourth-order valence-electron chi connectivity index (χ4n) is 4.26. The van der Waals surface area contributed by atoms with Crippen molar-refractivity contribution in [1.29, 1.82) is 0 Å². The van der Waals surface area contributed by atoms with Gasteiger partial charge in [0.1, 0.15) is 0 Å². The first-order valence-corrected chi connectivity index (χ1v) is 12.6. The molecule has 0 N–H and O–H groups in total. The fraction of sp³-hybridized carbons (Fsp3) is 0.250. The number of hydrogen-bond acceptors (Lipinski definition) is 6. The number of aromatic nitrogens is 2. The van der Waals surface area contributed by atoms with Crippen molar-refractivity contribution in [2.75, 3.05) is 4.90 Å². The van der Waals surface area contributed by atoms with Crippen LogP contribution in [0.3, 0.4) is 0 Å². The molecule has 32 heavy (non-hydrogen) atoms. The van der Waals surface area contributed by atoms with Gasteiger partial charge in [-0.15, -0.1) is 10.2 Å². The van der Waals surface area contributed by atoms with Gasteiger partial charge in [-0.05, 0) is 36.1 Å². The second kappa shape index (κ2) is 9.17.